The number of phenols is 1. The van der Waals surface area contributed by atoms with Gasteiger partial charge in [-0.15, -0.1) is 0 Å². The molecule has 1 saturated heterocycles. The van der Waals surface area contributed by atoms with E-state index in [0.29, 0.717) is 6.54 Å². The first-order valence-corrected chi connectivity index (χ1v) is 6.98. The Morgan fingerprint density at radius 2 is 2.00 bits per heavy atom. The van der Waals surface area contributed by atoms with Gasteiger partial charge in [-0.05, 0) is 37.2 Å². The topological polar surface area (TPSA) is 66.4 Å². The molecule has 1 fully saturated rings. The van der Waals surface area contributed by atoms with Gasteiger partial charge < -0.3 is 10.4 Å². The minimum Gasteiger partial charge on any atom is -0.508 e. The second-order valence-corrected chi connectivity index (χ2v) is 6.32. The number of aromatic hydroxyl groups is 1. The highest BCUT2D eigenvalue weighted by molar-refractivity contribution is 7.91. The maximum atomic E-state index is 14.1. The third-order valence-electron chi connectivity index (χ3n) is 2.84. The molecule has 0 saturated carbocycles. The first-order valence-electron chi connectivity index (χ1n) is 5.33. The van der Waals surface area contributed by atoms with E-state index in [0.717, 1.165) is 0 Å². The van der Waals surface area contributed by atoms with Crippen LogP contribution in [0.5, 0.6) is 5.75 Å². The molecule has 0 amide bonds. The first kappa shape index (κ1) is 12.3. The van der Waals surface area contributed by atoms with Crippen LogP contribution >= 0.6 is 0 Å². The molecule has 1 aromatic carbocycles. The number of rotatable bonds is 3. The Morgan fingerprint density at radius 1 is 1.35 bits per heavy atom. The summed E-state index contributed by atoms with van der Waals surface area (Å²) < 4.78 is 38.0. The molecule has 0 spiro atoms. The fourth-order valence-electron chi connectivity index (χ4n) is 1.91. The van der Waals surface area contributed by atoms with Crippen molar-refractivity contribution in [2.75, 3.05) is 18.8 Å². The molecule has 2 rings (SSSR count). The maximum absolute atomic E-state index is 14.1. The van der Waals surface area contributed by atoms with E-state index in [1.165, 1.54) is 24.3 Å². The van der Waals surface area contributed by atoms with Gasteiger partial charge in [0.25, 0.3) is 0 Å². The van der Waals surface area contributed by atoms with E-state index in [1.54, 1.807) is 0 Å². The van der Waals surface area contributed by atoms with Crippen molar-refractivity contribution in [3.8, 4) is 5.75 Å². The zero-order valence-corrected chi connectivity index (χ0v) is 10.0. The van der Waals surface area contributed by atoms with E-state index in [9.17, 15) is 12.8 Å². The number of nitrogens with one attached hydrogen (secondary N) is 1. The number of sulfone groups is 1. The Hall–Kier alpha value is -1.14. The van der Waals surface area contributed by atoms with Crippen LogP contribution in [-0.4, -0.2) is 38.0 Å². The lowest BCUT2D eigenvalue weighted by Crippen LogP contribution is -2.34. The highest BCUT2D eigenvalue weighted by Gasteiger charge is 2.38. The second kappa shape index (κ2) is 4.27. The molecular weight excluding hydrogens is 245 g/mol. The van der Waals surface area contributed by atoms with E-state index in [1.807, 2.05) is 0 Å². The first-order chi connectivity index (χ1) is 7.91. The van der Waals surface area contributed by atoms with Gasteiger partial charge in [0, 0.05) is 6.54 Å². The molecule has 0 bridgehead atoms. The summed E-state index contributed by atoms with van der Waals surface area (Å²) in [5.74, 6) is -0.529. The summed E-state index contributed by atoms with van der Waals surface area (Å²) in [7, 11) is -3.65. The standard InChI is InChI=1S/C11H14FNO3S/c12-11(5-6-13-7-11)8-17(15,16)10-3-1-9(14)2-4-10/h1-4,13-14H,5-8H2. The maximum Gasteiger partial charge on any atom is 0.181 e. The summed E-state index contributed by atoms with van der Waals surface area (Å²) in [6, 6.07) is 5.14. The third kappa shape index (κ3) is 2.76. The van der Waals surface area contributed by atoms with Crippen LogP contribution in [0.15, 0.2) is 29.2 Å². The molecule has 6 heteroatoms. The molecule has 1 atom stereocenters. The number of hydrogen-bond acceptors (Lipinski definition) is 4. The monoisotopic (exact) mass is 259 g/mol. The van der Waals surface area contributed by atoms with Gasteiger partial charge in [-0.1, -0.05) is 0 Å². The van der Waals surface area contributed by atoms with E-state index < -0.39 is 21.3 Å². The van der Waals surface area contributed by atoms with Gasteiger partial charge in [-0.3, -0.25) is 0 Å². The van der Waals surface area contributed by atoms with Gasteiger partial charge in [0.05, 0.1) is 10.6 Å². The quantitative estimate of drug-likeness (QED) is 0.845. The van der Waals surface area contributed by atoms with Crippen molar-refractivity contribution in [2.45, 2.75) is 17.0 Å². The largest absolute Gasteiger partial charge is 0.508 e. The molecule has 1 aliphatic heterocycles. The third-order valence-corrected chi connectivity index (χ3v) is 4.72. The van der Waals surface area contributed by atoms with Crippen LogP contribution in [-0.2, 0) is 9.84 Å². The van der Waals surface area contributed by atoms with Crippen molar-refractivity contribution in [1.29, 1.82) is 0 Å². The van der Waals surface area contributed by atoms with Crippen LogP contribution in [0.2, 0.25) is 0 Å². The predicted octanol–water partition coefficient (Wildman–Crippen LogP) is 0.867. The zero-order valence-electron chi connectivity index (χ0n) is 9.19. The van der Waals surface area contributed by atoms with Crippen molar-refractivity contribution >= 4 is 9.84 Å². The zero-order chi connectivity index (χ0) is 12.5. The number of phenolic OH excluding ortho intramolecular Hbond substituents is 1. The normalized spacial score (nSPS) is 25.0. The minimum atomic E-state index is -3.65. The van der Waals surface area contributed by atoms with Gasteiger partial charge in [0.2, 0.25) is 0 Å². The molecule has 0 aliphatic carbocycles. The fraction of sp³-hybridized carbons (Fsp3) is 0.455. The Kier molecular flexibility index (Phi) is 3.09. The molecule has 17 heavy (non-hydrogen) atoms. The second-order valence-electron chi connectivity index (χ2n) is 4.33. The van der Waals surface area contributed by atoms with Crippen LogP contribution in [0.4, 0.5) is 4.39 Å². The lowest BCUT2D eigenvalue weighted by molar-refractivity contribution is 0.221. The molecule has 2 N–H and O–H groups in total. The van der Waals surface area contributed by atoms with E-state index in [2.05, 4.69) is 5.32 Å². The highest BCUT2D eigenvalue weighted by Crippen LogP contribution is 2.26. The Labute approximate surface area is 99.4 Å². The summed E-state index contributed by atoms with van der Waals surface area (Å²) in [6.07, 6.45) is 0.213. The highest BCUT2D eigenvalue weighted by atomic mass is 32.2. The summed E-state index contributed by atoms with van der Waals surface area (Å²) in [6.45, 7) is 0.575. The van der Waals surface area contributed by atoms with Crippen LogP contribution < -0.4 is 5.32 Å². The average molecular weight is 259 g/mol. The molecule has 1 aliphatic rings. The van der Waals surface area contributed by atoms with E-state index in [-0.39, 0.29) is 23.6 Å². The van der Waals surface area contributed by atoms with Crippen LogP contribution in [0.1, 0.15) is 6.42 Å². The summed E-state index contributed by atoms with van der Waals surface area (Å²) in [5, 5.41) is 11.9. The Morgan fingerprint density at radius 3 is 2.53 bits per heavy atom. The molecule has 1 heterocycles. The number of hydrogen-bond donors (Lipinski definition) is 2. The van der Waals surface area contributed by atoms with Gasteiger partial charge >= 0.3 is 0 Å². The summed E-state index contributed by atoms with van der Waals surface area (Å²) in [4.78, 5) is 0.0409. The van der Waals surface area contributed by atoms with Gasteiger partial charge in [0.1, 0.15) is 11.4 Å². The van der Waals surface area contributed by atoms with Gasteiger partial charge in [0.15, 0.2) is 9.84 Å². The van der Waals surface area contributed by atoms with Crippen molar-refractivity contribution in [3.63, 3.8) is 0 Å². The number of alkyl halides is 1. The fourth-order valence-corrected chi connectivity index (χ4v) is 3.56. The van der Waals surface area contributed by atoms with Crippen molar-refractivity contribution in [2.24, 2.45) is 0 Å². The lowest BCUT2D eigenvalue weighted by atomic mass is 10.1. The minimum absolute atomic E-state index is 0.0126. The summed E-state index contributed by atoms with van der Waals surface area (Å²) >= 11 is 0. The number of benzene rings is 1. The van der Waals surface area contributed by atoms with Crippen LogP contribution in [0.25, 0.3) is 0 Å². The van der Waals surface area contributed by atoms with Gasteiger partial charge in [-0.2, -0.15) is 0 Å². The van der Waals surface area contributed by atoms with Crippen LogP contribution in [0, 0.1) is 0 Å². The lowest BCUT2D eigenvalue weighted by Gasteiger charge is -2.17. The molecule has 1 aromatic rings. The van der Waals surface area contributed by atoms with Crippen molar-refractivity contribution in [3.05, 3.63) is 24.3 Å². The van der Waals surface area contributed by atoms with Crippen molar-refractivity contribution in [1.82, 2.24) is 5.32 Å². The van der Waals surface area contributed by atoms with E-state index >= 15 is 0 Å². The molecule has 0 aromatic heterocycles. The van der Waals surface area contributed by atoms with Gasteiger partial charge in [-0.25, -0.2) is 12.8 Å². The van der Waals surface area contributed by atoms with E-state index in [4.69, 9.17) is 5.11 Å². The Bertz CT molecular complexity index is 492. The predicted molar refractivity (Wildman–Crippen MR) is 61.5 cm³/mol. The number of halogens is 1. The molecular formula is C11H14FNO3S. The average Bonchev–Trinajstić information content (AvgIpc) is 2.64. The van der Waals surface area contributed by atoms with Crippen molar-refractivity contribution < 1.29 is 17.9 Å². The molecule has 1 unspecified atom stereocenters. The Balaban J connectivity index is 2.22. The SMILES string of the molecule is O=S(=O)(CC1(F)CCNC1)c1ccc(O)cc1. The molecule has 0 radical (unpaired) electrons. The molecule has 4 nitrogen and oxygen atoms in total. The molecule has 94 valence electrons. The smallest absolute Gasteiger partial charge is 0.181 e. The van der Waals surface area contributed by atoms with Crippen LogP contribution in [0.3, 0.4) is 0 Å². The summed E-state index contributed by atoms with van der Waals surface area (Å²) in [5.41, 5.74) is -1.68.